The number of Topliss-reactive ketones (excluding diaryl/α,β-unsaturated/α-hetero) is 1. The summed E-state index contributed by atoms with van der Waals surface area (Å²) in [6.45, 7) is 6.14. The van der Waals surface area contributed by atoms with Gasteiger partial charge >= 0.3 is 5.97 Å². The first-order valence-electron chi connectivity index (χ1n) is 9.06. The van der Waals surface area contributed by atoms with Crippen molar-refractivity contribution in [3.63, 3.8) is 0 Å². The van der Waals surface area contributed by atoms with Crippen LogP contribution in [-0.4, -0.2) is 24.6 Å². The average molecular weight is 344 g/mol. The number of ether oxygens (including phenoxy) is 1. The van der Waals surface area contributed by atoms with Crippen LogP contribution in [0.3, 0.4) is 0 Å². The molecule has 25 heavy (non-hydrogen) atoms. The van der Waals surface area contributed by atoms with Crippen LogP contribution in [0.5, 0.6) is 0 Å². The Hall–Kier alpha value is -1.97. The third kappa shape index (κ3) is 4.36. The zero-order valence-electron chi connectivity index (χ0n) is 15.3. The van der Waals surface area contributed by atoms with E-state index in [-0.39, 0.29) is 17.5 Å². The molecule has 0 unspecified atom stereocenters. The van der Waals surface area contributed by atoms with E-state index in [2.05, 4.69) is 19.6 Å². The van der Waals surface area contributed by atoms with Gasteiger partial charge < -0.3 is 4.74 Å². The number of fused-ring (bicyclic) bond motifs is 1. The van der Waals surface area contributed by atoms with Crippen molar-refractivity contribution < 1.29 is 19.1 Å². The maximum Gasteiger partial charge on any atom is 0.323 e. The summed E-state index contributed by atoms with van der Waals surface area (Å²) >= 11 is 0. The van der Waals surface area contributed by atoms with Gasteiger partial charge in [-0.25, -0.2) is 0 Å². The Labute approximate surface area is 150 Å². The summed E-state index contributed by atoms with van der Waals surface area (Å²) in [4.78, 5) is 37.3. The number of allylic oxidation sites excluding steroid dienone is 4. The third-order valence-electron chi connectivity index (χ3n) is 5.49. The van der Waals surface area contributed by atoms with E-state index in [9.17, 15) is 14.4 Å². The molecular weight excluding hydrogens is 316 g/mol. The molecule has 0 aromatic rings. The largest absolute Gasteiger partial charge is 0.468 e. The smallest absolute Gasteiger partial charge is 0.323 e. The van der Waals surface area contributed by atoms with Crippen LogP contribution in [0.2, 0.25) is 0 Å². The van der Waals surface area contributed by atoms with Crippen molar-refractivity contribution in [1.29, 1.82) is 0 Å². The maximum atomic E-state index is 12.6. The normalized spacial score (nSPS) is 32.3. The number of esters is 1. The monoisotopic (exact) mass is 344 g/mol. The predicted molar refractivity (Wildman–Crippen MR) is 96.9 cm³/mol. The van der Waals surface area contributed by atoms with Crippen molar-refractivity contribution in [2.75, 3.05) is 7.11 Å². The van der Waals surface area contributed by atoms with Crippen LogP contribution in [0.25, 0.3) is 0 Å². The summed E-state index contributed by atoms with van der Waals surface area (Å²) in [5, 5.41) is 0. The molecule has 4 nitrogen and oxygen atoms in total. The molecule has 0 amide bonds. The Bertz CT molecular complexity index is 626. The lowest BCUT2D eigenvalue weighted by molar-refractivity contribution is -0.155. The molecule has 1 saturated carbocycles. The SMILES string of the molecule is C=C1CCC(=O)/C=C/[C@]2(C(=O)OC)C(=O)CC[C@H]2CC/C=C(/C)CC1. The average Bonchev–Trinajstić information content (AvgIpc) is 2.91. The van der Waals surface area contributed by atoms with Crippen LogP contribution < -0.4 is 0 Å². The highest BCUT2D eigenvalue weighted by atomic mass is 16.5. The van der Waals surface area contributed by atoms with E-state index < -0.39 is 11.4 Å². The van der Waals surface area contributed by atoms with Crippen molar-refractivity contribution >= 4 is 17.5 Å². The minimum absolute atomic E-state index is 0.0767. The maximum absolute atomic E-state index is 12.6. The van der Waals surface area contributed by atoms with Crippen molar-refractivity contribution in [3.05, 3.63) is 36.0 Å². The van der Waals surface area contributed by atoms with Gasteiger partial charge in [0.25, 0.3) is 0 Å². The molecule has 136 valence electrons. The molecule has 0 aromatic heterocycles. The summed E-state index contributed by atoms with van der Waals surface area (Å²) in [7, 11) is 1.30. The highest BCUT2D eigenvalue weighted by molar-refractivity contribution is 6.08. The zero-order chi connectivity index (χ0) is 18.4. The Balaban J connectivity index is 2.36. The van der Waals surface area contributed by atoms with Gasteiger partial charge in [-0.1, -0.05) is 29.9 Å². The van der Waals surface area contributed by atoms with E-state index in [1.54, 1.807) is 0 Å². The van der Waals surface area contributed by atoms with Crippen LogP contribution in [0.4, 0.5) is 0 Å². The number of hydrogen-bond acceptors (Lipinski definition) is 4. The second-order valence-electron chi connectivity index (χ2n) is 7.20. The number of rotatable bonds is 1. The molecule has 2 rings (SSSR count). The van der Waals surface area contributed by atoms with Crippen LogP contribution in [-0.2, 0) is 19.1 Å². The number of carbonyl (C=O) groups is 3. The van der Waals surface area contributed by atoms with Gasteiger partial charge in [0.15, 0.2) is 11.6 Å². The van der Waals surface area contributed by atoms with E-state index in [0.717, 1.165) is 31.3 Å². The molecule has 1 fully saturated rings. The van der Waals surface area contributed by atoms with Gasteiger partial charge in [-0.2, -0.15) is 0 Å². The van der Waals surface area contributed by atoms with Gasteiger partial charge in [0, 0.05) is 12.8 Å². The molecule has 0 bridgehead atoms. The fraction of sp³-hybridized carbons (Fsp3) is 0.571. The van der Waals surface area contributed by atoms with Gasteiger partial charge in [0.05, 0.1) is 7.11 Å². The van der Waals surface area contributed by atoms with Gasteiger partial charge in [0.1, 0.15) is 5.41 Å². The van der Waals surface area contributed by atoms with E-state index in [0.29, 0.717) is 25.7 Å². The Morgan fingerprint density at radius 3 is 2.60 bits per heavy atom. The minimum Gasteiger partial charge on any atom is -0.468 e. The first kappa shape index (κ1) is 19.4. The zero-order valence-corrected chi connectivity index (χ0v) is 15.3. The predicted octanol–water partition coefficient (Wildman–Crippen LogP) is 4.11. The molecule has 4 heteroatoms. The molecule has 0 aromatic carbocycles. The van der Waals surface area contributed by atoms with Gasteiger partial charge in [-0.3, -0.25) is 14.4 Å². The highest BCUT2D eigenvalue weighted by Crippen LogP contribution is 2.45. The molecule has 0 radical (unpaired) electrons. The second-order valence-corrected chi connectivity index (χ2v) is 7.20. The molecule has 0 aliphatic heterocycles. The molecule has 0 heterocycles. The van der Waals surface area contributed by atoms with Gasteiger partial charge in [-0.05, 0) is 57.4 Å². The van der Waals surface area contributed by atoms with E-state index in [4.69, 9.17) is 4.74 Å². The molecule has 2 aliphatic rings. The van der Waals surface area contributed by atoms with E-state index in [1.807, 2.05) is 0 Å². The minimum atomic E-state index is -1.30. The molecular formula is C21H28O4. The number of methoxy groups -OCH3 is 1. The van der Waals surface area contributed by atoms with Crippen LogP contribution >= 0.6 is 0 Å². The lowest BCUT2D eigenvalue weighted by atomic mass is 9.74. The summed E-state index contributed by atoms with van der Waals surface area (Å²) in [5.74, 6) is -0.863. The fourth-order valence-corrected chi connectivity index (χ4v) is 3.83. The Morgan fingerprint density at radius 1 is 1.16 bits per heavy atom. The molecule has 0 spiro atoms. The molecule has 0 N–H and O–H groups in total. The van der Waals surface area contributed by atoms with Gasteiger partial charge in [-0.15, -0.1) is 0 Å². The van der Waals surface area contributed by atoms with Crippen molar-refractivity contribution in [2.45, 2.75) is 58.3 Å². The van der Waals surface area contributed by atoms with E-state index in [1.165, 1.54) is 24.8 Å². The first-order chi connectivity index (χ1) is 11.9. The Kier molecular flexibility index (Phi) is 6.51. The van der Waals surface area contributed by atoms with Crippen LogP contribution in [0.1, 0.15) is 58.3 Å². The topological polar surface area (TPSA) is 60.4 Å². The van der Waals surface area contributed by atoms with Crippen molar-refractivity contribution in [2.24, 2.45) is 11.3 Å². The molecule has 2 aliphatic carbocycles. The van der Waals surface area contributed by atoms with Crippen molar-refractivity contribution in [1.82, 2.24) is 0 Å². The van der Waals surface area contributed by atoms with Crippen molar-refractivity contribution in [3.8, 4) is 0 Å². The van der Waals surface area contributed by atoms with Crippen LogP contribution in [0.15, 0.2) is 36.0 Å². The molecule has 0 saturated heterocycles. The standard InChI is InChI=1S/C21H28O4/c1-15-5-4-6-17-10-12-19(23)21(17,20(24)25-3)14-13-18(22)11-9-16(2)8-7-15/h5,13-14,17H,2,4,6-12H2,1,3H3/b14-13+,15-5-/t17-,21-/m1/s1. The number of carbonyl (C=O) groups excluding carboxylic acids is 3. The summed E-state index contributed by atoms with van der Waals surface area (Å²) in [5.41, 5.74) is 1.05. The fourth-order valence-electron chi connectivity index (χ4n) is 3.83. The quantitative estimate of drug-likeness (QED) is 0.408. The summed E-state index contributed by atoms with van der Waals surface area (Å²) in [6, 6.07) is 0. The third-order valence-corrected chi connectivity index (χ3v) is 5.49. The number of hydrogen-bond donors (Lipinski definition) is 0. The molecule has 2 atom stereocenters. The summed E-state index contributed by atoms with van der Waals surface area (Å²) < 4.78 is 4.96. The van der Waals surface area contributed by atoms with E-state index >= 15 is 0 Å². The Morgan fingerprint density at radius 2 is 1.88 bits per heavy atom. The highest BCUT2D eigenvalue weighted by Gasteiger charge is 2.54. The first-order valence-corrected chi connectivity index (χ1v) is 9.06. The van der Waals surface area contributed by atoms with Crippen LogP contribution in [0, 0.1) is 11.3 Å². The summed E-state index contributed by atoms with van der Waals surface area (Å²) in [6.07, 6.45) is 10.5. The number of ketones is 2. The lowest BCUT2D eigenvalue weighted by Gasteiger charge is -2.28. The lowest BCUT2D eigenvalue weighted by Crippen LogP contribution is -2.40. The van der Waals surface area contributed by atoms with Gasteiger partial charge in [0.2, 0.25) is 0 Å². The second kappa shape index (κ2) is 8.41.